The number of ether oxygens (including phenoxy) is 2. The molecule has 19 heavy (non-hydrogen) atoms. The maximum Gasteiger partial charge on any atom is 0.123 e. The van der Waals surface area contributed by atoms with Crippen molar-refractivity contribution in [2.75, 3.05) is 19.7 Å². The summed E-state index contributed by atoms with van der Waals surface area (Å²) in [5, 5.41) is 3.45. The molecule has 3 atom stereocenters. The van der Waals surface area contributed by atoms with Gasteiger partial charge in [0.25, 0.3) is 0 Å². The lowest BCUT2D eigenvalue weighted by atomic mass is 10.0. The van der Waals surface area contributed by atoms with Crippen LogP contribution in [0.4, 0.5) is 4.39 Å². The van der Waals surface area contributed by atoms with Gasteiger partial charge in [0.05, 0.1) is 6.10 Å². The molecule has 0 aliphatic carbocycles. The number of fused-ring (bicyclic) bond motifs is 1. The fraction of sp³-hybridized carbons (Fsp3) is 0.600. The first-order valence-corrected chi connectivity index (χ1v) is 7.00. The van der Waals surface area contributed by atoms with Crippen LogP contribution in [-0.2, 0) is 11.2 Å². The summed E-state index contributed by atoms with van der Waals surface area (Å²) in [6.07, 6.45) is 2.39. The van der Waals surface area contributed by atoms with Crippen LogP contribution < -0.4 is 10.1 Å². The fourth-order valence-corrected chi connectivity index (χ4v) is 2.88. The van der Waals surface area contributed by atoms with Crippen LogP contribution in [0.3, 0.4) is 0 Å². The Hall–Kier alpha value is -1.13. The SMILES string of the molecule is CC1OCCC1CNCC1Cc2cc(F)ccc2O1. The van der Waals surface area contributed by atoms with Gasteiger partial charge < -0.3 is 14.8 Å². The minimum Gasteiger partial charge on any atom is -0.488 e. The van der Waals surface area contributed by atoms with E-state index in [9.17, 15) is 4.39 Å². The highest BCUT2D eigenvalue weighted by molar-refractivity contribution is 5.37. The van der Waals surface area contributed by atoms with E-state index in [-0.39, 0.29) is 11.9 Å². The lowest BCUT2D eigenvalue weighted by molar-refractivity contribution is 0.104. The summed E-state index contributed by atoms with van der Waals surface area (Å²) >= 11 is 0. The van der Waals surface area contributed by atoms with Gasteiger partial charge in [-0.15, -0.1) is 0 Å². The standard InChI is InChI=1S/C15H20FNO2/c1-10-11(4-5-18-10)8-17-9-14-7-12-6-13(16)2-3-15(12)19-14/h2-3,6,10-11,14,17H,4-5,7-9H2,1H3. The third-order valence-electron chi connectivity index (χ3n) is 4.08. The molecule has 3 rings (SSSR count). The molecule has 104 valence electrons. The van der Waals surface area contributed by atoms with Gasteiger partial charge in [0.2, 0.25) is 0 Å². The van der Waals surface area contributed by atoms with Gasteiger partial charge in [0, 0.05) is 31.7 Å². The van der Waals surface area contributed by atoms with E-state index in [0.29, 0.717) is 12.0 Å². The van der Waals surface area contributed by atoms with Crippen molar-refractivity contribution in [1.82, 2.24) is 5.32 Å². The van der Waals surface area contributed by atoms with Gasteiger partial charge in [0.1, 0.15) is 17.7 Å². The van der Waals surface area contributed by atoms with Gasteiger partial charge in [-0.25, -0.2) is 4.39 Å². The summed E-state index contributed by atoms with van der Waals surface area (Å²) in [5.74, 6) is 1.24. The van der Waals surface area contributed by atoms with Crippen LogP contribution in [0.2, 0.25) is 0 Å². The Morgan fingerprint density at radius 3 is 3.05 bits per heavy atom. The number of benzene rings is 1. The van der Waals surface area contributed by atoms with Crippen molar-refractivity contribution in [2.45, 2.75) is 32.0 Å². The van der Waals surface area contributed by atoms with E-state index in [4.69, 9.17) is 9.47 Å². The maximum absolute atomic E-state index is 13.1. The molecule has 1 aromatic rings. The number of halogens is 1. The van der Waals surface area contributed by atoms with E-state index in [1.54, 1.807) is 12.1 Å². The normalized spacial score (nSPS) is 29.3. The van der Waals surface area contributed by atoms with Crippen molar-refractivity contribution >= 4 is 0 Å². The predicted molar refractivity (Wildman–Crippen MR) is 70.9 cm³/mol. The molecular formula is C15H20FNO2. The van der Waals surface area contributed by atoms with E-state index in [0.717, 1.165) is 43.9 Å². The summed E-state index contributed by atoms with van der Waals surface area (Å²) < 4.78 is 24.4. The molecule has 1 N–H and O–H groups in total. The second-order valence-corrected chi connectivity index (χ2v) is 5.48. The molecule has 0 saturated carbocycles. The molecule has 0 spiro atoms. The van der Waals surface area contributed by atoms with Crippen LogP contribution in [0.5, 0.6) is 5.75 Å². The molecule has 1 fully saturated rings. The smallest absolute Gasteiger partial charge is 0.123 e. The van der Waals surface area contributed by atoms with Gasteiger partial charge in [0.15, 0.2) is 0 Å². The van der Waals surface area contributed by atoms with Crippen molar-refractivity contribution in [3.05, 3.63) is 29.6 Å². The lowest BCUT2D eigenvalue weighted by Crippen LogP contribution is -2.35. The van der Waals surface area contributed by atoms with Crippen LogP contribution in [0.1, 0.15) is 18.9 Å². The molecule has 0 radical (unpaired) electrons. The van der Waals surface area contributed by atoms with E-state index < -0.39 is 0 Å². The molecule has 4 heteroatoms. The van der Waals surface area contributed by atoms with Gasteiger partial charge >= 0.3 is 0 Å². The molecule has 1 saturated heterocycles. The highest BCUT2D eigenvalue weighted by Crippen LogP contribution is 2.29. The van der Waals surface area contributed by atoms with E-state index >= 15 is 0 Å². The molecule has 2 heterocycles. The van der Waals surface area contributed by atoms with E-state index in [1.807, 2.05) is 0 Å². The summed E-state index contributed by atoms with van der Waals surface area (Å²) in [6.45, 7) is 4.77. The van der Waals surface area contributed by atoms with Crippen molar-refractivity contribution in [3.8, 4) is 5.75 Å². The van der Waals surface area contributed by atoms with Crippen LogP contribution in [0, 0.1) is 11.7 Å². The van der Waals surface area contributed by atoms with Crippen molar-refractivity contribution in [1.29, 1.82) is 0 Å². The van der Waals surface area contributed by atoms with Crippen LogP contribution in [-0.4, -0.2) is 31.9 Å². The van der Waals surface area contributed by atoms with E-state index in [2.05, 4.69) is 12.2 Å². The third-order valence-corrected chi connectivity index (χ3v) is 4.08. The quantitative estimate of drug-likeness (QED) is 0.905. The number of rotatable bonds is 4. The first-order valence-electron chi connectivity index (χ1n) is 7.00. The third kappa shape index (κ3) is 2.90. The largest absolute Gasteiger partial charge is 0.488 e. The average molecular weight is 265 g/mol. The summed E-state index contributed by atoms with van der Waals surface area (Å²) in [6, 6.07) is 4.74. The van der Waals surface area contributed by atoms with E-state index in [1.165, 1.54) is 6.07 Å². The molecule has 3 unspecified atom stereocenters. The molecule has 3 nitrogen and oxygen atoms in total. The van der Waals surface area contributed by atoms with Gasteiger partial charge in [-0.05, 0) is 37.5 Å². The highest BCUT2D eigenvalue weighted by Gasteiger charge is 2.26. The van der Waals surface area contributed by atoms with Crippen molar-refractivity contribution in [3.63, 3.8) is 0 Å². The second kappa shape index (κ2) is 5.47. The molecule has 0 bridgehead atoms. The Balaban J connectivity index is 1.46. The summed E-state index contributed by atoms with van der Waals surface area (Å²) in [5.41, 5.74) is 0.976. The van der Waals surface area contributed by atoms with Crippen LogP contribution in [0.25, 0.3) is 0 Å². The van der Waals surface area contributed by atoms with Gasteiger partial charge in [-0.1, -0.05) is 0 Å². The summed E-state index contributed by atoms with van der Waals surface area (Å²) in [4.78, 5) is 0. The van der Waals surface area contributed by atoms with Crippen LogP contribution in [0.15, 0.2) is 18.2 Å². The summed E-state index contributed by atoms with van der Waals surface area (Å²) in [7, 11) is 0. The Kier molecular flexibility index (Phi) is 3.71. The van der Waals surface area contributed by atoms with Crippen molar-refractivity contribution < 1.29 is 13.9 Å². The Morgan fingerprint density at radius 2 is 2.26 bits per heavy atom. The zero-order valence-electron chi connectivity index (χ0n) is 11.2. The van der Waals surface area contributed by atoms with Gasteiger partial charge in [-0.2, -0.15) is 0 Å². The number of nitrogens with one attached hydrogen (secondary N) is 1. The molecular weight excluding hydrogens is 245 g/mol. The molecule has 2 aliphatic rings. The average Bonchev–Trinajstić information content (AvgIpc) is 2.95. The molecule has 0 amide bonds. The highest BCUT2D eigenvalue weighted by atomic mass is 19.1. The van der Waals surface area contributed by atoms with Crippen molar-refractivity contribution in [2.24, 2.45) is 5.92 Å². The number of hydrogen-bond donors (Lipinski definition) is 1. The zero-order chi connectivity index (χ0) is 13.2. The molecule has 2 aliphatic heterocycles. The first-order chi connectivity index (χ1) is 9.22. The first kappa shape index (κ1) is 12.9. The fourth-order valence-electron chi connectivity index (χ4n) is 2.88. The topological polar surface area (TPSA) is 30.5 Å². The second-order valence-electron chi connectivity index (χ2n) is 5.48. The monoisotopic (exact) mass is 265 g/mol. The van der Waals surface area contributed by atoms with Gasteiger partial charge in [-0.3, -0.25) is 0 Å². The lowest BCUT2D eigenvalue weighted by Gasteiger charge is -2.17. The predicted octanol–water partition coefficient (Wildman–Crippen LogP) is 2.14. The Labute approximate surface area is 113 Å². The number of hydrogen-bond acceptors (Lipinski definition) is 3. The zero-order valence-corrected chi connectivity index (χ0v) is 11.2. The molecule has 1 aromatic carbocycles. The van der Waals surface area contributed by atoms with Crippen LogP contribution >= 0.6 is 0 Å². The maximum atomic E-state index is 13.1. The molecule has 0 aromatic heterocycles. The minimum atomic E-state index is -0.187. The Bertz CT molecular complexity index is 452. The minimum absolute atomic E-state index is 0.120. The Morgan fingerprint density at radius 1 is 1.37 bits per heavy atom.